The highest BCUT2D eigenvalue weighted by Gasteiger charge is 2.31. The predicted octanol–water partition coefficient (Wildman–Crippen LogP) is 2.72. The standard InChI is InChI=1S/C17H23N3O2S/c1-14-17(23(21,22)19-11-7-4-8-12-19)15(2)20(18-14)13-16-9-5-3-6-10-16/h3,5-6,9-10H,4,7-8,11-13H2,1-2H3. The maximum absolute atomic E-state index is 13.0. The van der Waals surface area contributed by atoms with Crippen molar-refractivity contribution >= 4 is 10.0 Å². The summed E-state index contributed by atoms with van der Waals surface area (Å²) in [7, 11) is -3.44. The normalized spacial score (nSPS) is 16.6. The number of nitrogens with zero attached hydrogens (tertiary/aromatic N) is 3. The second-order valence-electron chi connectivity index (χ2n) is 6.11. The number of benzene rings is 1. The molecule has 1 saturated heterocycles. The zero-order chi connectivity index (χ0) is 16.4. The fourth-order valence-electron chi connectivity index (χ4n) is 3.20. The lowest BCUT2D eigenvalue weighted by Gasteiger charge is -2.26. The number of rotatable bonds is 4. The van der Waals surface area contributed by atoms with Gasteiger partial charge in [0.05, 0.1) is 17.9 Å². The van der Waals surface area contributed by atoms with Crippen LogP contribution < -0.4 is 0 Å². The highest BCUT2D eigenvalue weighted by atomic mass is 32.2. The number of sulfonamides is 1. The molecule has 2 heterocycles. The zero-order valence-corrected chi connectivity index (χ0v) is 14.5. The van der Waals surface area contributed by atoms with Gasteiger partial charge in [-0.3, -0.25) is 4.68 Å². The monoisotopic (exact) mass is 333 g/mol. The van der Waals surface area contributed by atoms with E-state index in [0.717, 1.165) is 30.5 Å². The first-order chi connectivity index (χ1) is 11.0. The molecule has 0 bridgehead atoms. The lowest BCUT2D eigenvalue weighted by Crippen LogP contribution is -2.36. The van der Waals surface area contributed by atoms with Crippen molar-refractivity contribution in [1.82, 2.24) is 14.1 Å². The molecule has 0 spiro atoms. The van der Waals surface area contributed by atoms with Gasteiger partial charge in [-0.15, -0.1) is 0 Å². The quantitative estimate of drug-likeness (QED) is 0.864. The Morgan fingerprint density at radius 1 is 1.04 bits per heavy atom. The molecule has 0 unspecified atom stereocenters. The molecule has 2 aromatic rings. The highest BCUT2D eigenvalue weighted by molar-refractivity contribution is 7.89. The molecule has 0 radical (unpaired) electrons. The molecular formula is C17H23N3O2S. The number of aromatic nitrogens is 2. The van der Waals surface area contributed by atoms with Gasteiger partial charge in [-0.2, -0.15) is 9.40 Å². The molecule has 0 aliphatic carbocycles. The summed E-state index contributed by atoms with van der Waals surface area (Å²) in [5, 5.41) is 4.48. The van der Waals surface area contributed by atoms with Gasteiger partial charge in [0.2, 0.25) is 10.0 Å². The third kappa shape index (κ3) is 3.19. The van der Waals surface area contributed by atoms with Crippen LogP contribution in [0.15, 0.2) is 35.2 Å². The average molecular weight is 333 g/mol. The van der Waals surface area contributed by atoms with Crippen molar-refractivity contribution in [3.8, 4) is 0 Å². The van der Waals surface area contributed by atoms with Gasteiger partial charge in [-0.05, 0) is 32.3 Å². The van der Waals surface area contributed by atoms with Crippen LogP contribution in [0, 0.1) is 13.8 Å². The Kier molecular flexibility index (Phi) is 4.55. The van der Waals surface area contributed by atoms with Crippen molar-refractivity contribution in [3.63, 3.8) is 0 Å². The molecule has 0 saturated carbocycles. The van der Waals surface area contributed by atoms with E-state index in [1.807, 2.05) is 37.3 Å². The first-order valence-corrected chi connectivity index (χ1v) is 9.52. The van der Waals surface area contributed by atoms with E-state index in [0.29, 0.717) is 30.2 Å². The van der Waals surface area contributed by atoms with Gasteiger partial charge in [0.1, 0.15) is 4.90 Å². The zero-order valence-electron chi connectivity index (χ0n) is 13.7. The van der Waals surface area contributed by atoms with Gasteiger partial charge in [0.15, 0.2) is 0 Å². The van der Waals surface area contributed by atoms with Crippen LogP contribution in [0.2, 0.25) is 0 Å². The summed E-state index contributed by atoms with van der Waals surface area (Å²) < 4.78 is 29.3. The number of aryl methyl sites for hydroxylation is 1. The van der Waals surface area contributed by atoms with Crippen molar-refractivity contribution in [2.75, 3.05) is 13.1 Å². The van der Waals surface area contributed by atoms with Crippen LogP contribution >= 0.6 is 0 Å². The van der Waals surface area contributed by atoms with Crippen LogP contribution in [-0.2, 0) is 16.6 Å². The van der Waals surface area contributed by atoms with Gasteiger partial charge >= 0.3 is 0 Å². The predicted molar refractivity (Wildman–Crippen MR) is 89.9 cm³/mol. The molecule has 1 aromatic heterocycles. The van der Waals surface area contributed by atoms with Crippen LogP contribution in [0.3, 0.4) is 0 Å². The molecule has 0 amide bonds. The molecule has 0 N–H and O–H groups in total. The van der Waals surface area contributed by atoms with Gasteiger partial charge in [-0.25, -0.2) is 8.42 Å². The van der Waals surface area contributed by atoms with Crippen molar-refractivity contribution in [2.24, 2.45) is 0 Å². The van der Waals surface area contributed by atoms with E-state index in [1.54, 1.807) is 15.9 Å². The minimum absolute atomic E-state index is 0.385. The molecule has 1 aliphatic rings. The first-order valence-electron chi connectivity index (χ1n) is 8.08. The molecule has 23 heavy (non-hydrogen) atoms. The smallest absolute Gasteiger partial charge is 0.246 e. The summed E-state index contributed by atoms with van der Waals surface area (Å²) in [6.45, 7) is 5.45. The van der Waals surface area contributed by atoms with E-state index in [1.165, 1.54) is 0 Å². The Balaban J connectivity index is 1.94. The van der Waals surface area contributed by atoms with E-state index in [9.17, 15) is 8.42 Å². The molecular weight excluding hydrogens is 310 g/mol. The van der Waals surface area contributed by atoms with Gasteiger partial charge in [0, 0.05) is 13.1 Å². The Bertz CT molecular complexity index is 776. The van der Waals surface area contributed by atoms with Crippen LogP contribution in [-0.4, -0.2) is 35.6 Å². The van der Waals surface area contributed by atoms with Crippen molar-refractivity contribution in [3.05, 3.63) is 47.3 Å². The van der Waals surface area contributed by atoms with Crippen molar-refractivity contribution in [2.45, 2.75) is 44.6 Å². The van der Waals surface area contributed by atoms with Gasteiger partial charge in [-0.1, -0.05) is 36.8 Å². The topological polar surface area (TPSA) is 55.2 Å². The molecule has 1 aromatic carbocycles. The molecule has 5 nitrogen and oxygen atoms in total. The minimum Gasteiger partial charge on any atom is -0.264 e. The molecule has 1 aliphatic heterocycles. The molecule has 6 heteroatoms. The third-order valence-electron chi connectivity index (χ3n) is 4.40. The molecule has 3 rings (SSSR count). The lowest BCUT2D eigenvalue weighted by atomic mass is 10.2. The molecule has 0 atom stereocenters. The number of hydrogen-bond acceptors (Lipinski definition) is 3. The van der Waals surface area contributed by atoms with E-state index in [-0.39, 0.29) is 0 Å². The fraction of sp³-hybridized carbons (Fsp3) is 0.471. The highest BCUT2D eigenvalue weighted by Crippen LogP contribution is 2.26. The summed E-state index contributed by atoms with van der Waals surface area (Å²) in [4.78, 5) is 0.385. The van der Waals surface area contributed by atoms with E-state index in [4.69, 9.17) is 0 Å². The van der Waals surface area contributed by atoms with Gasteiger partial charge in [0.25, 0.3) is 0 Å². The Hall–Kier alpha value is -1.66. The average Bonchev–Trinajstić information content (AvgIpc) is 2.83. The second kappa shape index (κ2) is 6.45. The Labute approximate surface area is 138 Å². The maximum Gasteiger partial charge on any atom is 0.246 e. The van der Waals surface area contributed by atoms with Crippen LogP contribution in [0.4, 0.5) is 0 Å². The SMILES string of the molecule is Cc1nn(Cc2ccccc2)c(C)c1S(=O)(=O)N1CCCCC1. The summed E-state index contributed by atoms with van der Waals surface area (Å²) in [5.41, 5.74) is 2.42. The third-order valence-corrected chi connectivity index (χ3v) is 6.55. The summed E-state index contributed by atoms with van der Waals surface area (Å²) in [5.74, 6) is 0. The summed E-state index contributed by atoms with van der Waals surface area (Å²) in [6, 6.07) is 9.97. The van der Waals surface area contributed by atoms with E-state index < -0.39 is 10.0 Å². The summed E-state index contributed by atoms with van der Waals surface area (Å²) >= 11 is 0. The number of hydrogen-bond donors (Lipinski definition) is 0. The van der Waals surface area contributed by atoms with E-state index >= 15 is 0 Å². The molecule has 124 valence electrons. The van der Waals surface area contributed by atoms with Crippen molar-refractivity contribution in [1.29, 1.82) is 0 Å². The van der Waals surface area contributed by atoms with Crippen LogP contribution in [0.5, 0.6) is 0 Å². The van der Waals surface area contributed by atoms with Crippen molar-refractivity contribution < 1.29 is 8.42 Å². The first kappa shape index (κ1) is 16.2. The second-order valence-corrected chi connectivity index (χ2v) is 7.98. The number of piperidine rings is 1. The largest absolute Gasteiger partial charge is 0.264 e. The minimum atomic E-state index is -3.44. The lowest BCUT2D eigenvalue weighted by molar-refractivity contribution is 0.346. The van der Waals surface area contributed by atoms with E-state index in [2.05, 4.69) is 5.10 Å². The molecule has 1 fully saturated rings. The Morgan fingerprint density at radius 2 is 1.70 bits per heavy atom. The van der Waals surface area contributed by atoms with Gasteiger partial charge < -0.3 is 0 Å². The van der Waals surface area contributed by atoms with Crippen LogP contribution in [0.25, 0.3) is 0 Å². The maximum atomic E-state index is 13.0. The summed E-state index contributed by atoms with van der Waals surface area (Å²) in [6.07, 6.45) is 2.99. The Morgan fingerprint density at radius 3 is 2.35 bits per heavy atom. The van der Waals surface area contributed by atoms with Crippen LogP contribution in [0.1, 0.15) is 36.2 Å². The fourth-order valence-corrected chi connectivity index (χ4v) is 5.09.